The quantitative estimate of drug-likeness (QED) is 0.603. The molecule has 0 saturated heterocycles. The van der Waals surface area contributed by atoms with Crippen LogP contribution in [0.1, 0.15) is 27.2 Å². The van der Waals surface area contributed by atoms with Crippen molar-refractivity contribution in [1.82, 2.24) is 10.2 Å². The minimum absolute atomic E-state index is 0.235. The Morgan fingerprint density at radius 2 is 2.10 bits per heavy atom. The Hall–Kier alpha value is -2.03. The van der Waals surface area contributed by atoms with Crippen molar-refractivity contribution in [1.29, 1.82) is 0 Å². The summed E-state index contributed by atoms with van der Waals surface area (Å²) in [6, 6.07) is 7.80. The van der Waals surface area contributed by atoms with Gasteiger partial charge in [-0.2, -0.15) is 11.8 Å². The van der Waals surface area contributed by atoms with Gasteiger partial charge in [-0.25, -0.2) is 4.79 Å². The lowest BCUT2D eigenvalue weighted by Gasteiger charge is -2.27. The summed E-state index contributed by atoms with van der Waals surface area (Å²) in [6.07, 6.45) is 3.13. The number of hydrogen-bond acceptors (Lipinski definition) is 6. The molecule has 0 fully saturated rings. The molecule has 1 aliphatic rings. The molecule has 30 heavy (non-hydrogen) atoms. The monoisotopic (exact) mass is 466 g/mol. The van der Waals surface area contributed by atoms with E-state index in [1.807, 2.05) is 17.7 Å². The van der Waals surface area contributed by atoms with Crippen molar-refractivity contribution in [3.63, 3.8) is 0 Å². The molecule has 0 radical (unpaired) electrons. The standard InChI is InChI=1S/C21H23ClN2O4S2/c1-29-10-8-17(23-20(26)15-4-2-3-5-16(15)22)21(27)28-13-19(25)24-9-6-18-14(12-24)7-11-30-18/h2-5,7,11,17H,6,8-10,12-13H2,1H3,(H,23,26). The van der Waals surface area contributed by atoms with Crippen LogP contribution < -0.4 is 5.32 Å². The fourth-order valence-electron chi connectivity index (χ4n) is 3.15. The van der Waals surface area contributed by atoms with Crippen molar-refractivity contribution >= 4 is 52.5 Å². The first-order valence-corrected chi connectivity index (χ1v) is 12.2. The highest BCUT2D eigenvalue weighted by Gasteiger charge is 2.26. The van der Waals surface area contributed by atoms with Gasteiger partial charge in [0.1, 0.15) is 6.04 Å². The molecule has 1 aromatic carbocycles. The number of carbonyl (C=O) groups is 3. The molecular formula is C21H23ClN2O4S2. The third kappa shape index (κ3) is 5.77. The smallest absolute Gasteiger partial charge is 0.329 e. The zero-order valence-corrected chi connectivity index (χ0v) is 18.9. The minimum Gasteiger partial charge on any atom is -0.454 e. The molecular weight excluding hydrogens is 444 g/mol. The van der Waals surface area contributed by atoms with Crippen molar-refractivity contribution in [2.75, 3.05) is 25.2 Å². The maximum Gasteiger partial charge on any atom is 0.329 e. The van der Waals surface area contributed by atoms with E-state index in [1.165, 1.54) is 4.88 Å². The van der Waals surface area contributed by atoms with Gasteiger partial charge in [0.2, 0.25) is 0 Å². The topological polar surface area (TPSA) is 75.7 Å². The molecule has 1 N–H and O–H groups in total. The van der Waals surface area contributed by atoms with Crippen molar-refractivity contribution in [2.45, 2.75) is 25.4 Å². The molecule has 0 saturated carbocycles. The lowest BCUT2D eigenvalue weighted by molar-refractivity contribution is -0.154. The molecule has 2 amide bonds. The van der Waals surface area contributed by atoms with E-state index in [0.717, 1.165) is 12.0 Å². The highest BCUT2D eigenvalue weighted by Crippen LogP contribution is 2.24. The number of halogens is 1. The summed E-state index contributed by atoms with van der Waals surface area (Å²) >= 11 is 9.33. The SMILES string of the molecule is CSCCC(NC(=O)c1ccccc1Cl)C(=O)OCC(=O)N1CCc2sccc2C1. The third-order valence-corrected chi connectivity index (χ3v) is 6.81. The van der Waals surface area contributed by atoms with E-state index in [-0.39, 0.29) is 18.1 Å². The number of thiophene rings is 1. The Labute approximate surface area is 188 Å². The molecule has 0 spiro atoms. The number of carbonyl (C=O) groups excluding carboxylic acids is 3. The summed E-state index contributed by atoms with van der Waals surface area (Å²) in [5, 5.41) is 5.02. The van der Waals surface area contributed by atoms with Crippen molar-refractivity contribution < 1.29 is 19.1 Å². The molecule has 1 aliphatic heterocycles. The van der Waals surface area contributed by atoms with Crippen LogP contribution in [0.25, 0.3) is 0 Å². The van der Waals surface area contributed by atoms with Crippen LogP contribution in [0.4, 0.5) is 0 Å². The molecule has 3 rings (SSSR count). The second-order valence-corrected chi connectivity index (χ2v) is 9.22. The Morgan fingerprint density at radius 3 is 2.87 bits per heavy atom. The fraction of sp³-hybridized carbons (Fsp3) is 0.381. The van der Waals surface area contributed by atoms with Gasteiger partial charge in [0.05, 0.1) is 10.6 Å². The first kappa shape index (κ1) is 22.7. The van der Waals surface area contributed by atoms with Gasteiger partial charge in [-0.3, -0.25) is 9.59 Å². The fourth-order valence-corrected chi connectivity index (χ4v) is 4.73. The van der Waals surface area contributed by atoms with E-state index >= 15 is 0 Å². The molecule has 1 atom stereocenters. The molecule has 2 heterocycles. The van der Waals surface area contributed by atoms with Gasteiger partial charge in [-0.05, 0) is 54.0 Å². The van der Waals surface area contributed by atoms with Crippen LogP contribution in [-0.2, 0) is 27.3 Å². The molecule has 0 bridgehead atoms. The number of fused-ring (bicyclic) bond motifs is 1. The first-order valence-electron chi connectivity index (χ1n) is 9.53. The van der Waals surface area contributed by atoms with E-state index in [2.05, 4.69) is 5.32 Å². The zero-order valence-electron chi connectivity index (χ0n) is 16.6. The number of ether oxygens (including phenoxy) is 1. The van der Waals surface area contributed by atoms with Gasteiger partial charge in [0.15, 0.2) is 6.61 Å². The largest absolute Gasteiger partial charge is 0.454 e. The van der Waals surface area contributed by atoms with Gasteiger partial charge in [0.25, 0.3) is 11.8 Å². The number of esters is 1. The molecule has 160 valence electrons. The highest BCUT2D eigenvalue weighted by atomic mass is 35.5. The van der Waals surface area contributed by atoms with Crippen molar-refractivity contribution in [3.05, 3.63) is 56.7 Å². The maximum atomic E-state index is 12.6. The average Bonchev–Trinajstić information content (AvgIpc) is 3.22. The van der Waals surface area contributed by atoms with E-state index in [1.54, 1.807) is 52.3 Å². The van der Waals surface area contributed by atoms with Crippen LogP contribution in [0.3, 0.4) is 0 Å². The maximum absolute atomic E-state index is 12.6. The number of rotatable bonds is 8. The van der Waals surface area contributed by atoms with E-state index in [0.29, 0.717) is 30.3 Å². The van der Waals surface area contributed by atoms with E-state index in [9.17, 15) is 14.4 Å². The summed E-state index contributed by atoms with van der Waals surface area (Å²) in [4.78, 5) is 40.6. The Bertz CT molecular complexity index is 918. The normalized spacial score (nSPS) is 14.0. The van der Waals surface area contributed by atoms with Gasteiger partial charge >= 0.3 is 5.97 Å². The first-order chi connectivity index (χ1) is 14.5. The van der Waals surface area contributed by atoms with Crippen LogP contribution in [-0.4, -0.2) is 53.9 Å². The third-order valence-electron chi connectivity index (χ3n) is 4.82. The minimum atomic E-state index is -0.848. The molecule has 0 aliphatic carbocycles. The van der Waals surface area contributed by atoms with Crippen molar-refractivity contribution in [2.24, 2.45) is 0 Å². The highest BCUT2D eigenvalue weighted by molar-refractivity contribution is 7.98. The number of hydrogen-bond donors (Lipinski definition) is 1. The molecule has 2 aromatic rings. The summed E-state index contributed by atoms with van der Waals surface area (Å²) in [5.74, 6) is -0.646. The van der Waals surface area contributed by atoms with Crippen molar-refractivity contribution in [3.8, 4) is 0 Å². The van der Waals surface area contributed by atoms with E-state index < -0.39 is 17.9 Å². The number of benzene rings is 1. The van der Waals surface area contributed by atoms with Gasteiger partial charge < -0.3 is 15.0 Å². The summed E-state index contributed by atoms with van der Waals surface area (Å²) < 4.78 is 5.27. The van der Waals surface area contributed by atoms with Crippen LogP contribution in [0.2, 0.25) is 5.02 Å². The number of nitrogens with one attached hydrogen (secondary N) is 1. The Morgan fingerprint density at radius 1 is 1.30 bits per heavy atom. The Kier molecular flexibility index (Phi) is 8.18. The lowest BCUT2D eigenvalue weighted by Crippen LogP contribution is -2.44. The van der Waals surface area contributed by atoms with Gasteiger partial charge in [-0.1, -0.05) is 23.7 Å². The van der Waals surface area contributed by atoms with E-state index in [4.69, 9.17) is 16.3 Å². The predicted molar refractivity (Wildman–Crippen MR) is 120 cm³/mol. The molecule has 1 unspecified atom stereocenters. The zero-order chi connectivity index (χ0) is 21.5. The molecule has 1 aromatic heterocycles. The number of nitrogens with zero attached hydrogens (tertiary/aromatic N) is 1. The van der Waals surface area contributed by atoms with Gasteiger partial charge in [-0.15, -0.1) is 11.3 Å². The summed E-state index contributed by atoms with van der Waals surface area (Å²) in [6.45, 7) is 0.813. The second kappa shape index (κ2) is 10.8. The summed E-state index contributed by atoms with van der Waals surface area (Å²) in [7, 11) is 0. The lowest BCUT2D eigenvalue weighted by atomic mass is 10.1. The van der Waals surface area contributed by atoms with Crippen LogP contribution in [0.15, 0.2) is 35.7 Å². The Balaban J connectivity index is 1.56. The predicted octanol–water partition coefficient (Wildman–Crippen LogP) is 3.38. The van der Waals surface area contributed by atoms with Gasteiger partial charge in [0, 0.05) is 18.0 Å². The van der Waals surface area contributed by atoms with Crippen LogP contribution in [0.5, 0.6) is 0 Å². The summed E-state index contributed by atoms with van der Waals surface area (Å²) in [5.41, 5.74) is 1.44. The van der Waals surface area contributed by atoms with Crippen LogP contribution in [0, 0.1) is 0 Å². The molecule has 6 nitrogen and oxygen atoms in total. The second-order valence-electron chi connectivity index (χ2n) is 6.83. The average molecular weight is 467 g/mol. The van der Waals surface area contributed by atoms with Crippen LogP contribution >= 0.6 is 34.7 Å². The number of thioether (sulfide) groups is 1. The molecule has 9 heteroatoms. The number of amides is 2.